The second kappa shape index (κ2) is 6.76. The number of carbonyl (C=O) groups excluding carboxylic acids is 2. The number of nitrogens with two attached hydrogens (primary N) is 1. The summed E-state index contributed by atoms with van der Waals surface area (Å²) in [6, 6.07) is 10.8. The van der Waals surface area contributed by atoms with Gasteiger partial charge in [-0.1, -0.05) is 12.1 Å². The van der Waals surface area contributed by atoms with Crippen molar-refractivity contribution in [3.05, 3.63) is 48.4 Å². The number of ether oxygens (including phenoxy) is 1. The highest BCUT2D eigenvalue weighted by Gasteiger charge is 2.32. The Labute approximate surface area is 139 Å². The lowest BCUT2D eigenvalue weighted by Crippen LogP contribution is -2.51. The van der Waals surface area contributed by atoms with Crippen LogP contribution in [-0.4, -0.2) is 43.0 Å². The molecule has 1 aromatic heterocycles. The summed E-state index contributed by atoms with van der Waals surface area (Å²) in [5.74, 6) is 0.537. The van der Waals surface area contributed by atoms with Crippen molar-refractivity contribution in [3.8, 4) is 5.75 Å². The summed E-state index contributed by atoms with van der Waals surface area (Å²) < 4.78 is 10.9. The van der Waals surface area contributed by atoms with E-state index in [1.54, 1.807) is 35.4 Å². The van der Waals surface area contributed by atoms with Crippen LogP contribution in [0.2, 0.25) is 0 Å². The minimum absolute atomic E-state index is 0.111. The van der Waals surface area contributed by atoms with Gasteiger partial charge in [-0.25, -0.2) is 0 Å². The normalized spacial score (nSPS) is 16.6. The van der Waals surface area contributed by atoms with Gasteiger partial charge in [-0.05, 0) is 31.3 Å². The lowest BCUT2D eigenvalue weighted by molar-refractivity contribution is -0.125. The van der Waals surface area contributed by atoms with Gasteiger partial charge < -0.3 is 19.8 Å². The van der Waals surface area contributed by atoms with Gasteiger partial charge in [-0.2, -0.15) is 0 Å². The Hall–Kier alpha value is -2.80. The first-order valence-corrected chi connectivity index (χ1v) is 7.61. The van der Waals surface area contributed by atoms with E-state index in [2.05, 4.69) is 0 Å². The topological polar surface area (TPSA) is 89.0 Å². The molecule has 0 saturated carbocycles. The van der Waals surface area contributed by atoms with E-state index in [4.69, 9.17) is 14.9 Å². The highest BCUT2D eigenvalue weighted by Crippen LogP contribution is 2.33. The Morgan fingerprint density at radius 1 is 1.29 bits per heavy atom. The van der Waals surface area contributed by atoms with E-state index in [1.807, 2.05) is 24.1 Å². The first-order chi connectivity index (χ1) is 11.5. The number of carbonyl (C=O) groups is 2. The molecule has 0 radical (unpaired) electrons. The van der Waals surface area contributed by atoms with Gasteiger partial charge in [0.25, 0.3) is 5.91 Å². The first-order valence-electron chi connectivity index (χ1n) is 7.61. The Balaban J connectivity index is 1.74. The molecule has 0 fully saturated rings. The molecule has 7 heteroatoms. The molecule has 2 aromatic rings. The van der Waals surface area contributed by atoms with Crippen molar-refractivity contribution < 1.29 is 18.7 Å². The van der Waals surface area contributed by atoms with Gasteiger partial charge in [-0.3, -0.25) is 14.5 Å². The predicted octanol–water partition coefficient (Wildman–Crippen LogP) is 0.991. The molecule has 7 nitrogen and oxygen atoms in total. The quantitative estimate of drug-likeness (QED) is 0.884. The minimum Gasteiger partial charge on any atom is -0.477 e. The Kier molecular flexibility index (Phi) is 4.52. The van der Waals surface area contributed by atoms with Gasteiger partial charge in [0.2, 0.25) is 5.91 Å². The Bertz CT molecular complexity index is 729. The van der Waals surface area contributed by atoms with Crippen LogP contribution in [-0.2, 0) is 16.1 Å². The number of amides is 2. The van der Waals surface area contributed by atoms with E-state index in [-0.39, 0.29) is 19.0 Å². The molecule has 2 heterocycles. The third-order valence-electron chi connectivity index (χ3n) is 3.80. The van der Waals surface area contributed by atoms with Crippen molar-refractivity contribution in [1.29, 1.82) is 0 Å². The zero-order chi connectivity index (χ0) is 17.1. The van der Waals surface area contributed by atoms with Gasteiger partial charge >= 0.3 is 0 Å². The third-order valence-corrected chi connectivity index (χ3v) is 3.80. The fourth-order valence-corrected chi connectivity index (χ4v) is 2.66. The maximum atomic E-state index is 12.7. The summed E-state index contributed by atoms with van der Waals surface area (Å²) in [5.41, 5.74) is 6.00. The van der Waals surface area contributed by atoms with Gasteiger partial charge in [0.15, 0.2) is 6.10 Å². The molecule has 0 saturated heterocycles. The smallest absolute Gasteiger partial charge is 0.260 e. The number of furan rings is 1. The van der Waals surface area contributed by atoms with Crippen molar-refractivity contribution in [2.45, 2.75) is 12.6 Å². The summed E-state index contributed by atoms with van der Waals surface area (Å²) in [7, 11) is 1.83. The van der Waals surface area contributed by atoms with Crippen molar-refractivity contribution in [3.63, 3.8) is 0 Å². The maximum Gasteiger partial charge on any atom is 0.260 e. The summed E-state index contributed by atoms with van der Waals surface area (Å²) >= 11 is 0. The molecule has 2 amide bonds. The number of hydrogen-bond acceptors (Lipinski definition) is 5. The average Bonchev–Trinajstić information content (AvgIpc) is 3.06. The predicted molar refractivity (Wildman–Crippen MR) is 87.4 cm³/mol. The fraction of sp³-hybridized carbons (Fsp3) is 0.294. The Morgan fingerprint density at radius 2 is 2.08 bits per heavy atom. The number of benzene rings is 1. The molecular formula is C17H19N3O4. The second-order valence-corrected chi connectivity index (χ2v) is 5.73. The molecule has 24 heavy (non-hydrogen) atoms. The largest absolute Gasteiger partial charge is 0.477 e. The number of para-hydroxylation sites is 2. The number of nitrogens with zero attached hydrogens (tertiary/aromatic N) is 2. The monoisotopic (exact) mass is 329 g/mol. The van der Waals surface area contributed by atoms with Crippen molar-refractivity contribution >= 4 is 17.5 Å². The van der Waals surface area contributed by atoms with Gasteiger partial charge in [0.1, 0.15) is 11.5 Å². The molecule has 3 rings (SSSR count). The SMILES string of the molecule is CN(CC(=O)N1C[C@H](C(N)=O)Oc2ccccc21)Cc1ccco1. The number of hydrogen-bond donors (Lipinski definition) is 1. The standard InChI is InChI=1S/C17H19N3O4/c1-19(9-12-5-4-8-23-12)11-16(21)20-10-15(17(18)22)24-14-7-3-2-6-13(14)20/h2-8,15H,9-11H2,1H3,(H2,18,22)/t15-/m1/s1. The molecule has 0 unspecified atom stereocenters. The van der Waals surface area contributed by atoms with E-state index < -0.39 is 12.0 Å². The van der Waals surface area contributed by atoms with Gasteiger partial charge in [0.05, 0.1) is 31.6 Å². The van der Waals surface area contributed by atoms with E-state index in [1.165, 1.54) is 0 Å². The average molecular weight is 329 g/mol. The molecular weight excluding hydrogens is 310 g/mol. The van der Waals surface area contributed by atoms with Crippen LogP contribution >= 0.6 is 0 Å². The molecule has 0 spiro atoms. The van der Waals surface area contributed by atoms with Gasteiger partial charge in [-0.15, -0.1) is 0 Å². The number of primary amides is 1. The number of anilines is 1. The van der Waals surface area contributed by atoms with Crippen molar-refractivity contribution in [2.75, 3.05) is 25.0 Å². The molecule has 0 bridgehead atoms. The third kappa shape index (κ3) is 3.41. The number of likely N-dealkylation sites (N-methyl/N-ethyl adjacent to an activating group) is 1. The van der Waals surface area contributed by atoms with Crippen molar-refractivity contribution in [2.24, 2.45) is 5.73 Å². The van der Waals surface area contributed by atoms with Crippen LogP contribution in [0.4, 0.5) is 5.69 Å². The lowest BCUT2D eigenvalue weighted by Gasteiger charge is -2.34. The molecule has 0 aliphatic carbocycles. The summed E-state index contributed by atoms with van der Waals surface area (Å²) in [4.78, 5) is 27.6. The Morgan fingerprint density at radius 3 is 2.79 bits per heavy atom. The van der Waals surface area contributed by atoms with Crippen LogP contribution < -0.4 is 15.4 Å². The highest BCUT2D eigenvalue weighted by atomic mass is 16.5. The van der Waals surface area contributed by atoms with E-state index in [0.717, 1.165) is 5.76 Å². The zero-order valence-corrected chi connectivity index (χ0v) is 13.3. The van der Waals surface area contributed by atoms with E-state index in [9.17, 15) is 9.59 Å². The van der Waals surface area contributed by atoms with Crippen LogP contribution in [0.3, 0.4) is 0 Å². The van der Waals surface area contributed by atoms with Crippen molar-refractivity contribution in [1.82, 2.24) is 4.90 Å². The molecule has 1 atom stereocenters. The van der Waals surface area contributed by atoms with Crippen LogP contribution in [0.5, 0.6) is 5.75 Å². The molecule has 1 aliphatic rings. The number of fused-ring (bicyclic) bond motifs is 1. The van der Waals surface area contributed by atoms with Crippen LogP contribution in [0.15, 0.2) is 47.1 Å². The molecule has 1 aromatic carbocycles. The molecule has 126 valence electrons. The van der Waals surface area contributed by atoms with Crippen LogP contribution in [0, 0.1) is 0 Å². The summed E-state index contributed by atoms with van der Waals surface area (Å²) in [6.07, 6.45) is 0.750. The first kappa shape index (κ1) is 16.1. The number of rotatable bonds is 5. The minimum atomic E-state index is -0.848. The molecule has 2 N–H and O–H groups in total. The summed E-state index contributed by atoms with van der Waals surface area (Å²) in [5, 5.41) is 0. The van der Waals surface area contributed by atoms with Gasteiger partial charge in [0, 0.05) is 0 Å². The van der Waals surface area contributed by atoms with Crippen LogP contribution in [0.1, 0.15) is 5.76 Å². The maximum absolute atomic E-state index is 12.7. The highest BCUT2D eigenvalue weighted by molar-refractivity contribution is 5.98. The van der Waals surface area contributed by atoms with E-state index in [0.29, 0.717) is 18.0 Å². The second-order valence-electron chi connectivity index (χ2n) is 5.73. The molecule has 1 aliphatic heterocycles. The van der Waals surface area contributed by atoms with Crippen LogP contribution in [0.25, 0.3) is 0 Å². The summed E-state index contributed by atoms with van der Waals surface area (Å²) in [6.45, 7) is 0.810. The van der Waals surface area contributed by atoms with E-state index >= 15 is 0 Å². The fourth-order valence-electron chi connectivity index (χ4n) is 2.66. The lowest BCUT2D eigenvalue weighted by atomic mass is 10.1. The zero-order valence-electron chi connectivity index (χ0n) is 13.3.